The molecule has 12 rings (SSSR count). The van der Waals surface area contributed by atoms with E-state index in [9.17, 15) is 0 Å². The third-order valence-corrected chi connectivity index (χ3v) is 10.4. The van der Waals surface area contributed by atoms with Gasteiger partial charge in [0.05, 0.1) is 44.1 Å². The van der Waals surface area contributed by atoms with Gasteiger partial charge in [0.25, 0.3) is 0 Å². The van der Waals surface area contributed by atoms with Crippen molar-refractivity contribution in [2.75, 3.05) is 0 Å². The molecule has 0 radical (unpaired) electrons. The van der Waals surface area contributed by atoms with Gasteiger partial charge in [0, 0.05) is 59.5 Å². The Balaban J connectivity index is 1.46. The summed E-state index contributed by atoms with van der Waals surface area (Å²) < 4.78 is 7.53. The highest BCUT2D eigenvalue weighted by Crippen LogP contribution is 2.51. The van der Waals surface area contributed by atoms with Crippen molar-refractivity contribution in [1.29, 1.82) is 0 Å². The summed E-state index contributed by atoms with van der Waals surface area (Å²) in [6.45, 7) is 0. The largest absolute Gasteiger partial charge is 0.309 e. The fourth-order valence-corrected chi connectivity index (χ4v) is 8.86. The number of aromatic nitrogens is 3. The Hall–Kier alpha value is -6.06. The first-order chi connectivity index (χ1) is 22.4. The molecule has 0 amide bonds. The van der Waals surface area contributed by atoms with Crippen LogP contribution in [-0.4, -0.2) is 13.4 Å². The summed E-state index contributed by atoms with van der Waals surface area (Å²) in [4.78, 5) is 0. The molecule has 5 heterocycles. The van der Waals surface area contributed by atoms with Crippen molar-refractivity contribution in [2.45, 2.75) is 0 Å². The number of para-hydroxylation sites is 5. The molecule has 0 unspecified atom stereocenters. The average Bonchev–Trinajstić information content (AvgIpc) is 3.87. The zero-order valence-corrected chi connectivity index (χ0v) is 24.1. The molecule has 3 heteroatoms. The smallest absolute Gasteiger partial charge is 0.0628 e. The Morgan fingerprint density at radius 1 is 0.289 bits per heavy atom. The lowest BCUT2D eigenvalue weighted by Crippen LogP contribution is -1.92. The molecule has 45 heavy (non-hydrogen) atoms. The molecule has 0 aliphatic carbocycles. The number of fused-ring (bicyclic) bond motifs is 17. The Bertz CT molecular complexity index is 3190. The summed E-state index contributed by atoms with van der Waals surface area (Å²) >= 11 is 0. The van der Waals surface area contributed by atoms with E-state index in [0.717, 1.165) is 0 Å². The maximum atomic E-state index is 2.56. The summed E-state index contributed by atoms with van der Waals surface area (Å²) in [6, 6.07) is 51.5. The Morgan fingerprint density at radius 2 is 0.733 bits per heavy atom. The van der Waals surface area contributed by atoms with Gasteiger partial charge in [-0.05, 0) is 48.5 Å². The van der Waals surface area contributed by atoms with Crippen LogP contribution in [0.15, 0.2) is 140 Å². The number of benzene rings is 7. The predicted molar refractivity (Wildman–Crippen MR) is 190 cm³/mol. The van der Waals surface area contributed by atoms with Crippen LogP contribution in [0.2, 0.25) is 0 Å². The van der Waals surface area contributed by atoms with Gasteiger partial charge in [-0.25, -0.2) is 0 Å². The summed E-state index contributed by atoms with van der Waals surface area (Å²) in [7, 11) is 0. The minimum absolute atomic E-state index is 1.18. The standard InChI is InChI=1S/C42H23N3/c1-2-12-24(13-3-1)43-32-19-9-5-15-26(32)37-35(43)23-30-38-36(45-34-21-11-7-17-28(34)39(37)42(30)45)22-29-25-14-4-8-18-31(25)44-33-20-10-6-16-27(33)40(38)41(29)44/h1-23H. The van der Waals surface area contributed by atoms with E-state index < -0.39 is 0 Å². The normalized spacial score (nSPS) is 12.9. The van der Waals surface area contributed by atoms with Gasteiger partial charge in [-0.2, -0.15) is 0 Å². The van der Waals surface area contributed by atoms with Gasteiger partial charge in [0.1, 0.15) is 0 Å². The fourth-order valence-electron chi connectivity index (χ4n) is 8.86. The van der Waals surface area contributed by atoms with E-state index in [1.54, 1.807) is 0 Å². The highest BCUT2D eigenvalue weighted by atomic mass is 15.0. The number of rotatable bonds is 1. The first-order valence-corrected chi connectivity index (χ1v) is 15.6. The van der Waals surface area contributed by atoms with Crippen molar-refractivity contribution >= 4 is 98.0 Å². The predicted octanol–water partition coefficient (Wildman–Crippen LogP) is 11.1. The summed E-state index contributed by atoms with van der Waals surface area (Å²) in [5, 5.41) is 13.2. The molecule has 3 nitrogen and oxygen atoms in total. The van der Waals surface area contributed by atoms with Crippen molar-refractivity contribution < 1.29 is 0 Å². The lowest BCUT2D eigenvalue weighted by Gasteiger charge is -2.08. The summed E-state index contributed by atoms with van der Waals surface area (Å²) in [5.74, 6) is 0. The molecule has 0 bridgehead atoms. The maximum Gasteiger partial charge on any atom is 0.0628 e. The third-order valence-electron chi connectivity index (χ3n) is 10.4. The quantitative estimate of drug-likeness (QED) is 0.187. The van der Waals surface area contributed by atoms with Crippen LogP contribution in [0.25, 0.3) is 104 Å². The van der Waals surface area contributed by atoms with E-state index in [-0.39, 0.29) is 0 Å². The number of nitrogens with zero attached hydrogens (tertiary/aromatic N) is 3. The van der Waals surface area contributed by atoms with Crippen LogP contribution in [-0.2, 0) is 0 Å². The van der Waals surface area contributed by atoms with E-state index in [4.69, 9.17) is 0 Å². The van der Waals surface area contributed by atoms with E-state index in [2.05, 4.69) is 153 Å². The number of hydrogen-bond donors (Lipinski definition) is 0. The Labute approximate surface area is 256 Å². The van der Waals surface area contributed by atoms with Gasteiger partial charge in [-0.1, -0.05) is 91.0 Å². The van der Waals surface area contributed by atoms with Gasteiger partial charge >= 0.3 is 0 Å². The fraction of sp³-hybridized carbons (Fsp3) is 0. The van der Waals surface area contributed by atoms with E-state index in [1.807, 2.05) is 0 Å². The van der Waals surface area contributed by atoms with Crippen LogP contribution < -0.4 is 0 Å². The van der Waals surface area contributed by atoms with Crippen LogP contribution >= 0.6 is 0 Å². The molecule has 0 saturated heterocycles. The Kier molecular flexibility index (Phi) is 3.76. The molecular weight excluding hydrogens is 546 g/mol. The molecule has 0 fully saturated rings. The summed E-state index contributed by atoms with van der Waals surface area (Å²) in [6.07, 6.45) is 0. The number of hydrogen-bond acceptors (Lipinski definition) is 0. The highest BCUT2D eigenvalue weighted by Gasteiger charge is 2.28. The maximum absolute atomic E-state index is 2.56. The minimum atomic E-state index is 1.18. The topological polar surface area (TPSA) is 13.8 Å². The van der Waals surface area contributed by atoms with Crippen LogP contribution in [0.4, 0.5) is 0 Å². The molecule has 0 spiro atoms. The zero-order chi connectivity index (χ0) is 29.0. The monoisotopic (exact) mass is 569 g/mol. The molecule has 0 saturated carbocycles. The van der Waals surface area contributed by atoms with Crippen molar-refractivity contribution in [3.63, 3.8) is 0 Å². The molecule has 0 atom stereocenters. The molecule has 0 aliphatic rings. The molecule has 0 aliphatic heterocycles. The second-order valence-corrected chi connectivity index (χ2v) is 12.5. The molecular formula is C42H23N3. The van der Waals surface area contributed by atoms with Crippen molar-refractivity contribution in [3.05, 3.63) is 140 Å². The van der Waals surface area contributed by atoms with Gasteiger partial charge < -0.3 is 13.4 Å². The first-order valence-electron chi connectivity index (χ1n) is 15.6. The van der Waals surface area contributed by atoms with E-state index in [1.165, 1.54) is 104 Å². The minimum Gasteiger partial charge on any atom is -0.309 e. The second kappa shape index (κ2) is 7.53. The highest BCUT2D eigenvalue weighted by molar-refractivity contribution is 6.41. The van der Waals surface area contributed by atoms with Crippen molar-refractivity contribution in [3.8, 4) is 5.69 Å². The average molecular weight is 570 g/mol. The van der Waals surface area contributed by atoms with E-state index in [0.29, 0.717) is 0 Å². The lowest BCUT2D eigenvalue weighted by molar-refractivity contribution is 1.18. The summed E-state index contributed by atoms with van der Waals surface area (Å²) in [5.41, 5.74) is 11.4. The van der Waals surface area contributed by atoms with Gasteiger partial charge in [-0.3, -0.25) is 0 Å². The first kappa shape index (κ1) is 22.5. The van der Waals surface area contributed by atoms with Crippen LogP contribution in [0.1, 0.15) is 0 Å². The molecule has 0 N–H and O–H groups in total. The second-order valence-electron chi connectivity index (χ2n) is 12.5. The molecule has 7 aromatic carbocycles. The van der Waals surface area contributed by atoms with Crippen molar-refractivity contribution in [2.24, 2.45) is 0 Å². The SMILES string of the molecule is c1ccc(-n2c3ccccc3c3c4c5ccccc5n5c6cc7c8ccccc8n8c9ccccc9c(c6c(cc32)c45)c78)cc1. The van der Waals surface area contributed by atoms with Gasteiger partial charge in [0.15, 0.2) is 0 Å². The molecule has 206 valence electrons. The zero-order valence-electron chi connectivity index (χ0n) is 24.1. The van der Waals surface area contributed by atoms with Crippen LogP contribution in [0, 0.1) is 0 Å². The van der Waals surface area contributed by atoms with Gasteiger partial charge in [-0.15, -0.1) is 0 Å². The lowest BCUT2D eigenvalue weighted by atomic mass is 9.99. The third kappa shape index (κ3) is 2.43. The van der Waals surface area contributed by atoms with E-state index >= 15 is 0 Å². The van der Waals surface area contributed by atoms with Crippen molar-refractivity contribution in [1.82, 2.24) is 13.4 Å². The molecule has 12 aromatic rings. The van der Waals surface area contributed by atoms with Crippen LogP contribution in [0.5, 0.6) is 0 Å². The Morgan fingerprint density at radius 3 is 1.40 bits per heavy atom. The van der Waals surface area contributed by atoms with Crippen LogP contribution in [0.3, 0.4) is 0 Å². The molecule has 5 aromatic heterocycles. The van der Waals surface area contributed by atoms with Gasteiger partial charge in [0.2, 0.25) is 0 Å².